The van der Waals surface area contributed by atoms with Crippen molar-refractivity contribution in [3.8, 4) is 11.6 Å². The summed E-state index contributed by atoms with van der Waals surface area (Å²) in [4.78, 5) is 27.2. The van der Waals surface area contributed by atoms with Crippen LogP contribution in [0.15, 0.2) is 36.5 Å². The van der Waals surface area contributed by atoms with Crippen molar-refractivity contribution in [2.24, 2.45) is 11.8 Å². The first-order valence-electron chi connectivity index (χ1n) is 9.98. The molecule has 2 N–H and O–H groups in total. The van der Waals surface area contributed by atoms with E-state index in [1.807, 2.05) is 18.2 Å². The van der Waals surface area contributed by atoms with Gasteiger partial charge in [-0.3, -0.25) is 9.59 Å². The van der Waals surface area contributed by atoms with E-state index in [0.717, 1.165) is 24.2 Å². The molecule has 1 amide bonds. The van der Waals surface area contributed by atoms with Gasteiger partial charge in [-0.05, 0) is 55.0 Å². The molecular formula is C22H23ClN2O4. The third-order valence-electron chi connectivity index (χ3n) is 5.68. The molecule has 2 saturated carbocycles. The lowest BCUT2D eigenvalue weighted by molar-refractivity contribution is -0.139. The van der Waals surface area contributed by atoms with Gasteiger partial charge in [-0.25, -0.2) is 4.98 Å². The smallest absolute Gasteiger partial charge is 0.307 e. The first-order valence-corrected chi connectivity index (χ1v) is 10.4. The van der Waals surface area contributed by atoms with E-state index in [-0.39, 0.29) is 5.91 Å². The zero-order chi connectivity index (χ0) is 20.4. The van der Waals surface area contributed by atoms with Crippen LogP contribution in [0.25, 0.3) is 0 Å². The molecule has 2 fully saturated rings. The third kappa shape index (κ3) is 4.70. The summed E-state index contributed by atoms with van der Waals surface area (Å²) in [7, 11) is 0. The molecule has 6 nitrogen and oxygen atoms in total. The summed E-state index contributed by atoms with van der Waals surface area (Å²) in [6, 6.07) is 9.07. The fourth-order valence-electron chi connectivity index (χ4n) is 3.96. The lowest BCUT2D eigenvalue weighted by Crippen LogP contribution is -2.16. The van der Waals surface area contributed by atoms with Gasteiger partial charge in [-0.1, -0.05) is 30.9 Å². The van der Waals surface area contributed by atoms with Crippen molar-refractivity contribution in [2.45, 2.75) is 44.4 Å². The van der Waals surface area contributed by atoms with Crippen LogP contribution in [0.5, 0.6) is 11.6 Å². The highest BCUT2D eigenvalue weighted by Crippen LogP contribution is 2.41. The maximum atomic E-state index is 12.1. The van der Waals surface area contributed by atoms with Crippen molar-refractivity contribution in [3.05, 3.63) is 47.1 Å². The molecule has 2 aliphatic rings. The molecule has 2 aliphatic carbocycles. The number of aromatic nitrogens is 1. The van der Waals surface area contributed by atoms with Crippen LogP contribution in [0.2, 0.25) is 5.02 Å². The van der Waals surface area contributed by atoms with Crippen LogP contribution in [0.4, 0.5) is 5.69 Å². The van der Waals surface area contributed by atoms with Gasteiger partial charge >= 0.3 is 5.97 Å². The summed E-state index contributed by atoms with van der Waals surface area (Å²) in [5.74, 6) is -0.625. The van der Waals surface area contributed by atoms with Gasteiger partial charge in [0.15, 0.2) is 0 Å². The van der Waals surface area contributed by atoms with Crippen molar-refractivity contribution in [1.29, 1.82) is 0 Å². The van der Waals surface area contributed by atoms with Crippen LogP contribution < -0.4 is 10.1 Å². The van der Waals surface area contributed by atoms with Crippen LogP contribution in [0.3, 0.4) is 0 Å². The second-order valence-corrected chi connectivity index (χ2v) is 8.22. The number of aliphatic carboxylic acids is 1. The van der Waals surface area contributed by atoms with E-state index in [1.165, 1.54) is 25.5 Å². The first kappa shape index (κ1) is 19.7. The van der Waals surface area contributed by atoms with Crippen molar-refractivity contribution >= 4 is 29.2 Å². The Hall–Kier alpha value is -2.60. The minimum Gasteiger partial charge on any atom is -0.481 e. The minimum atomic E-state index is -0.927. The molecule has 0 spiro atoms. The van der Waals surface area contributed by atoms with Gasteiger partial charge in [0.2, 0.25) is 11.8 Å². The Morgan fingerprint density at radius 3 is 2.55 bits per heavy atom. The number of carbonyl (C=O) groups excluding carboxylic acids is 1. The summed E-state index contributed by atoms with van der Waals surface area (Å²) < 4.78 is 6.03. The van der Waals surface area contributed by atoms with Crippen LogP contribution in [-0.4, -0.2) is 22.0 Å². The van der Waals surface area contributed by atoms with E-state index in [4.69, 9.17) is 21.4 Å². The zero-order valence-corrected chi connectivity index (χ0v) is 16.7. The Morgan fingerprint density at radius 1 is 1.10 bits per heavy atom. The maximum absolute atomic E-state index is 12.1. The van der Waals surface area contributed by atoms with Crippen LogP contribution in [-0.2, 0) is 9.59 Å². The van der Waals surface area contributed by atoms with E-state index in [2.05, 4.69) is 10.3 Å². The van der Waals surface area contributed by atoms with E-state index < -0.39 is 17.8 Å². The van der Waals surface area contributed by atoms with E-state index in [9.17, 15) is 9.59 Å². The summed E-state index contributed by atoms with van der Waals surface area (Å²) in [5, 5.41) is 12.3. The third-order valence-corrected chi connectivity index (χ3v) is 5.91. The lowest BCUT2D eigenvalue weighted by Gasteiger charge is -2.24. The number of hydrogen-bond acceptors (Lipinski definition) is 4. The molecule has 29 heavy (non-hydrogen) atoms. The highest BCUT2D eigenvalue weighted by atomic mass is 35.5. The van der Waals surface area contributed by atoms with Gasteiger partial charge in [0.25, 0.3) is 0 Å². The molecule has 0 unspecified atom stereocenters. The quantitative estimate of drug-likeness (QED) is 0.675. The molecule has 152 valence electrons. The lowest BCUT2D eigenvalue weighted by atomic mass is 9.84. The average Bonchev–Trinajstić information content (AvgIpc) is 3.53. The number of carboxylic acids is 1. The molecule has 0 radical (unpaired) electrons. The molecule has 2 atom stereocenters. The van der Waals surface area contributed by atoms with Gasteiger partial charge in [0, 0.05) is 11.1 Å². The molecule has 0 saturated heterocycles. The van der Waals surface area contributed by atoms with Crippen molar-refractivity contribution in [3.63, 3.8) is 0 Å². The summed E-state index contributed by atoms with van der Waals surface area (Å²) in [6.45, 7) is 0. The Morgan fingerprint density at radius 2 is 1.90 bits per heavy atom. The van der Waals surface area contributed by atoms with Crippen molar-refractivity contribution in [1.82, 2.24) is 4.98 Å². The Bertz CT molecular complexity index is 910. The van der Waals surface area contributed by atoms with E-state index in [0.29, 0.717) is 28.9 Å². The highest BCUT2D eigenvalue weighted by molar-refractivity contribution is 6.30. The normalized spacial score (nSPS) is 21.4. The predicted octanol–water partition coefficient (Wildman–Crippen LogP) is 5.23. The SMILES string of the molecule is O=C(O)[C@@H]1C[C@H]1C(=O)Nc1ccc(Oc2ccc(Cl)cc2C2CCCCC2)nc1. The number of halogens is 1. The number of nitrogens with one attached hydrogen (secondary N) is 1. The standard InChI is InChI=1S/C22H23ClN2O4/c23-14-6-8-19(16(10-14)13-4-2-1-3-5-13)29-20-9-7-15(12-24-20)25-21(26)17-11-18(17)22(27)28/h6-10,12-13,17-18H,1-5,11H2,(H,25,26)(H,27,28)/t17-,18-/m1/s1. The molecule has 0 aliphatic heterocycles. The first-order chi connectivity index (χ1) is 14.0. The molecule has 4 rings (SSSR count). The van der Waals surface area contributed by atoms with Crippen LogP contribution in [0.1, 0.15) is 50.0 Å². The average molecular weight is 415 g/mol. The maximum Gasteiger partial charge on any atom is 0.307 e. The number of nitrogens with zero attached hydrogens (tertiary/aromatic N) is 1. The van der Waals surface area contributed by atoms with Gasteiger partial charge < -0.3 is 15.2 Å². The van der Waals surface area contributed by atoms with Crippen LogP contribution in [0, 0.1) is 11.8 Å². The number of rotatable bonds is 6. The van der Waals surface area contributed by atoms with Crippen molar-refractivity contribution in [2.75, 3.05) is 5.32 Å². The summed E-state index contributed by atoms with van der Waals surface area (Å²) in [5.41, 5.74) is 1.63. The number of hydrogen-bond donors (Lipinski definition) is 2. The van der Waals surface area contributed by atoms with E-state index >= 15 is 0 Å². The van der Waals surface area contributed by atoms with E-state index in [1.54, 1.807) is 12.1 Å². The second kappa shape index (κ2) is 8.41. The highest BCUT2D eigenvalue weighted by Gasteiger charge is 2.48. The van der Waals surface area contributed by atoms with Gasteiger partial charge in [-0.2, -0.15) is 0 Å². The summed E-state index contributed by atoms with van der Waals surface area (Å²) in [6.07, 6.45) is 7.87. The molecule has 2 aromatic rings. The number of anilines is 1. The fourth-order valence-corrected chi connectivity index (χ4v) is 4.15. The Balaban J connectivity index is 1.43. The molecule has 1 aromatic carbocycles. The predicted molar refractivity (Wildman–Crippen MR) is 109 cm³/mol. The fraction of sp³-hybridized carbons (Fsp3) is 0.409. The Kier molecular flexibility index (Phi) is 5.72. The second-order valence-electron chi connectivity index (χ2n) is 7.78. The molecule has 7 heteroatoms. The van der Waals surface area contributed by atoms with Gasteiger partial charge in [0.1, 0.15) is 5.75 Å². The largest absolute Gasteiger partial charge is 0.481 e. The topological polar surface area (TPSA) is 88.5 Å². The number of carboxylic acid groups (broad SMARTS) is 1. The van der Waals surface area contributed by atoms with Gasteiger partial charge in [0.05, 0.1) is 23.7 Å². The zero-order valence-electron chi connectivity index (χ0n) is 15.9. The molecular weight excluding hydrogens is 392 g/mol. The monoisotopic (exact) mass is 414 g/mol. The number of carbonyl (C=O) groups is 2. The minimum absolute atomic E-state index is 0.287. The number of ether oxygens (including phenoxy) is 1. The van der Waals surface area contributed by atoms with Crippen molar-refractivity contribution < 1.29 is 19.4 Å². The summed E-state index contributed by atoms with van der Waals surface area (Å²) >= 11 is 6.22. The molecule has 0 bridgehead atoms. The van der Waals surface area contributed by atoms with Crippen LogP contribution >= 0.6 is 11.6 Å². The van der Waals surface area contributed by atoms with Gasteiger partial charge in [-0.15, -0.1) is 0 Å². The number of pyridine rings is 1. The Labute approximate surface area is 174 Å². The molecule has 1 aromatic heterocycles. The number of amides is 1. The number of benzene rings is 1. The molecule has 1 heterocycles.